The number of piperidine rings is 1. The molecule has 2 aromatic carbocycles. The van der Waals surface area contributed by atoms with E-state index in [0.717, 1.165) is 34.6 Å². The summed E-state index contributed by atoms with van der Waals surface area (Å²) in [5.74, 6) is -2.53. The van der Waals surface area contributed by atoms with Gasteiger partial charge in [-0.3, -0.25) is 25.0 Å². The number of aromatic nitrogens is 1. The molecule has 1 saturated heterocycles. The van der Waals surface area contributed by atoms with E-state index < -0.39 is 29.6 Å². The number of fused-ring (bicyclic) bond motifs is 1. The van der Waals surface area contributed by atoms with E-state index in [9.17, 15) is 28.0 Å². The first-order valence-electron chi connectivity index (χ1n) is 11.0. The molecule has 1 unspecified atom stereocenters. The van der Waals surface area contributed by atoms with Crippen LogP contribution >= 0.6 is 11.3 Å². The number of carbonyl (C=O) groups excluding carboxylic acids is 4. The Kier molecular flexibility index (Phi) is 6.18. The van der Waals surface area contributed by atoms with E-state index in [-0.39, 0.29) is 54.1 Å². The fourth-order valence-electron chi connectivity index (χ4n) is 4.21. The monoisotopic (exact) mass is 511 g/mol. The van der Waals surface area contributed by atoms with Gasteiger partial charge in [-0.1, -0.05) is 12.1 Å². The first-order chi connectivity index (χ1) is 17.3. The smallest absolute Gasteiger partial charge is 0.321 e. The van der Waals surface area contributed by atoms with Crippen molar-refractivity contribution in [3.63, 3.8) is 0 Å². The molecule has 1 fully saturated rings. The standard InChI is InChI=1S/C24H19F2N5O4S/c25-14-2-4-16(17(26)8-14)18-11-36-24(28-18)30-23(35)27-9-12-1-3-15-13(7-12)10-31(22(15)34)19-5-6-20(32)29-21(19)33/h1-4,7-8,11,19H,5-6,9-10H2,(H,29,32,33)(H2,27,28,30,35). The second-order valence-electron chi connectivity index (χ2n) is 8.36. The Morgan fingerprint density at radius 1 is 1.14 bits per heavy atom. The molecule has 0 spiro atoms. The van der Waals surface area contributed by atoms with Crippen LogP contribution in [0.25, 0.3) is 11.3 Å². The third-order valence-electron chi connectivity index (χ3n) is 5.97. The molecule has 0 aliphatic carbocycles. The van der Waals surface area contributed by atoms with E-state index in [4.69, 9.17) is 0 Å². The summed E-state index contributed by atoms with van der Waals surface area (Å²) < 4.78 is 27.1. The Balaban J connectivity index is 1.19. The minimum absolute atomic E-state index is 0.125. The molecular weight excluding hydrogens is 492 g/mol. The summed E-state index contributed by atoms with van der Waals surface area (Å²) in [4.78, 5) is 54.3. The zero-order valence-corrected chi connectivity index (χ0v) is 19.5. The van der Waals surface area contributed by atoms with Crippen LogP contribution in [0.3, 0.4) is 0 Å². The molecule has 3 N–H and O–H groups in total. The van der Waals surface area contributed by atoms with Crippen LogP contribution < -0.4 is 16.0 Å². The second kappa shape index (κ2) is 9.46. The van der Waals surface area contributed by atoms with Crippen molar-refractivity contribution in [2.24, 2.45) is 0 Å². The number of anilines is 1. The highest BCUT2D eigenvalue weighted by Gasteiger charge is 2.39. The summed E-state index contributed by atoms with van der Waals surface area (Å²) >= 11 is 1.10. The van der Waals surface area contributed by atoms with E-state index >= 15 is 0 Å². The first kappa shape index (κ1) is 23.5. The molecule has 3 heterocycles. The molecule has 0 saturated carbocycles. The van der Waals surface area contributed by atoms with Crippen molar-refractivity contribution in [3.05, 3.63) is 70.1 Å². The number of urea groups is 1. The van der Waals surface area contributed by atoms with Gasteiger partial charge in [-0.2, -0.15) is 0 Å². The maximum Gasteiger partial charge on any atom is 0.321 e. The Labute approximate surface area is 207 Å². The van der Waals surface area contributed by atoms with Gasteiger partial charge < -0.3 is 10.2 Å². The number of halogens is 2. The van der Waals surface area contributed by atoms with Crippen molar-refractivity contribution in [3.8, 4) is 11.3 Å². The minimum atomic E-state index is -0.748. The maximum atomic E-state index is 14.0. The number of imide groups is 1. The molecule has 5 rings (SSSR count). The fourth-order valence-corrected chi connectivity index (χ4v) is 4.92. The Hall–Kier alpha value is -4.19. The van der Waals surface area contributed by atoms with Crippen molar-refractivity contribution >= 4 is 40.2 Å². The summed E-state index contributed by atoms with van der Waals surface area (Å²) in [5, 5.41) is 9.34. The Bertz CT molecular complexity index is 1410. The van der Waals surface area contributed by atoms with Gasteiger partial charge in [0.1, 0.15) is 17.7 Å². The number of hydrogen-bond donors (Lipinski definition) is 3. The highest BCUT2D eigenvalue weighted by atomic mass is 32.1. The largest absolute Gasteiger partial charge is 0.334 e. The van der Waals surface area contributed by atoms with Crippen LogP contribution in [-0.2, 0) is 22.7 Å². The molecular formula is C24H19F2N5O4S. The van der Waals surface area contributed by atoms with E-state index in [1.54, 1.807) is 23.6 Å². The lowest BCUT2D eigenvalue weighted by molar-refractivity contribution is -0.136. The maximum absolute atomic E-state index is 14.0. The normalized spacial score (nSPS) is 17.1. The summed E-state index contributed by atoms with van der Waals surface area (Å²) in [6.07, 6.45) is 0.464. The van der Waals surface area contributed by atoms with Crippen molar-refractivity contribution < 1.29 is 28.0 Å². The molecule has 36 heavy (non-hydrogen) atoms. The van der Waals surface area contributed by atoms with Crippen LogP contribution in [0.15, 0.2) is 41.8 Å². The van der Waals surface area contributed by atoms with Crippen LogP contribution in [-0.4, -0.2) is 39.7 Å². The third kappa shape index (κ3) is 4.67. The number of nitrogens with one attached hydrogen (secondary N) is 3. The molecule has 3 aromatic rings. The van der Waals surface area contributed by atoms with E-state index in [1.165, 1.54) is 11.0 Å². The van der Waals surface area contributed by atoms with Crippen LogP contribution in [0.1, 0.15) is 34.3 Å². The topological polar surface area (TPSA) is 120 Å². The molecule has 2 aliphatic rings. The van der Waals surface area contributed by atoms with Gasteiger partial charge in [-0.15, -0.1) is 11.3 Å². The highest BCUT2D eigenvalue weighted by Crippen LogP contribution is 2.29. The van der Waals surface area contributed by atoms with Gasteiger partial charge in [0.05, 0.1) is 5.69 Å². The number of nitrogens with zero attached hydrogens (tertiary/aromatic N) is 2. The zero-order chi connectivity index (χ0) is 25.4. The van der Waals surface area contributed by atoms with Crippen molar-refractivity contribution in [1.82, 2.24) is 20.5 Å². The van der Waals surface area contributed by atoms with Gasteiger partial charge in [0.15, 0.2) is 5.13 Å². The fraction of sp³-hybridized carbons (Fsp3) is 0.208. The van der Waals surface area contributed by atoms with Crippen LogP contribution in [0.4, 0.5) is 18.7 Å². The molecule has 0 bridgehead atoms. The zero-order valence-electron chi connectivity index (χ0n) is 18.6. The van der Waals surface area contributed by atoms with Gasteiger partial charge in [-0.25, -0.2) is 18.6 Å². The SMILES string of the molecule is O=C1CCC(N2Cc3cc(CNC(=O)Nc4nc(-c5ccc(F)cc5F)cs4)ccc3C2=O)C(=O)N1. The number of hydrogen-bond acceptors (Lipinski definition) is 6. The van der Waals surface area contributed by atoms with Crippen LogP contribution in [0.5, 0.6) is 0 Å². The predicted molar refractivity (Wildman–Crippen MR) is 126 cm³/mol. The number of thiazole rings is 1. The van der Waals surface area contributed by atoms with Crippen LogP contribution in [0, 0.1) is 11.6 Å². The molecule has 184 valence electrons. The lowest BCUT2D eigenvalue weighted by Gasteiger charge is -2.29. The lowest BCUT2D eigenvalue weighted by Crippen LogP contribution is -2.52. The quantitative estimate of drug-likeness (QED) is 0.455. The average Bonchev–Trinajstić information content (AvgIpc) is 3.42. The molecule has 1 aromatic heterocycles. The highest BCUT2D eigenvalue weighted by molar-refractivity contribution is 7.14. The van der Waals surface area contributed by atoms with Gasteiger partial charge in [0.25, 0.3) is 5.91 Å². The number of benzene rings is 2. The number of rotatable bonds is 5. The summed E-state index contributed by atoms with van der Waals surface area (Å²) in [6.45, 7) is 0.402. The number of carbonyl (C=O) groups is 4. The molecule has 0 radical (unpaired) electrons. The van der Waals surface area contributed by atoms with Gasteiger partial charge in [0, 0.05) is 42.1 Å². The molecule has 12 heteroatoms. The van der Waals surface area contributed by atoms with Crippen molar-refractivity contribution in [1.29, 1.82) is 0 Å². The summed E-state index contributed by atoms with van der Waals surface area (Å²) in [5.41, 5.74) is 2.36. The minimum Gasteiger partial charge on any atom is -0.334 e. The first-order valence-corrected chi connectivity index (χ1v) is 11.9. The summed E-state index contributed by atoms with van der Waals surface area (Å²) in [6, 6.07) is 7.11. The second-order valence-corrected chi connectivity index (χ2v) is 9.22. The third-order valence-corrected chi connectivity index (χ3v) is 6.73. The van der Waals surface area contributed by atoms with Gasteiger partial charge in [0.2, 0.25) is 11.8 Å². The molecule has 9 nitrogen and oxygen atoms in total. The van der Waals surface area contributed by atoms with Gasteiger partial charge in [-0.05, 0) is 35.7 Å². The molecule has 2 aliphatic heterocycles. The predicted octanol–water partition coefficient (Wildman–Crippen LogP) is 3.17. The van der Waals surface area contributed by atoms with Gasteiger partial charge >= 0.3 is 6.03 Å². The van der Waals surface area contributed by atoms with E-state index in [0.29, 0.717) is 5.56 Å². The number of amides is 5. The lowest BCUT2D eigenvalue weighted by atomic mass is 10.0. The van der Waals surface area contributed by atoms with Crippen molar-refractivity contribution in [2.75, 3.05) is 5.32 Å². The van der Waals surface area contributed by atoms with E-state index in [1.807, 2.05) is 0 Å². The summed E-state index contributed by atoms with van der Waals surface area (Å²) in [7, 11) is 0. The Morgan fingerprint density at radius 3 is 2.72 bits per heavy atom. The molecule has 1 atom stereocenters. The van der Waals surface area contributed by atoms with Crippen molar-refractivity contribution in [2.45, 2.75) is 32.0 Å². The van der Waals surface area contributed by atoms with Crippen LogP contribution in [0.2, 0.25) is 0 Å². The molecule has 5 amide bonds. The average molecular weight is 512 g/mol. The van der Waals surface area contributed by atoms with E-state index in [2.05, 4.69) is 20.9 Å². The Morgan fingerprint density at radius 2 is 1.94 bits per heavy atom.